The van der Waals surface area contributed by atoms with Crippen LogP contribution < -0.4 is 5.73 Å². The number of hydrogen-bond acceptors (Lipinski definition) is 3. The zero-order chi connectivity index (χ0) is 8.43. The normalized spacial score (nSPS) is 24.5. The summed E-state index contributed by atoms with van der Waals surface area (Å²) < 4.78 is 0. The maximum absolute atomic E-state index is 5.60. The van der Waals surface area contributed by atoms with Crippen LogP contribution in [0.3, 0.4) is 0 Å². The van der Waals surface area contributed by atoms with Gasteiger partial charge in [0.25, 0.3) is 0 Å². The third-order valence-corrected chi connectivity index (χ3v) is 1.82. The molecule has 0 aromatic rings. The Bertz CT molecular complexity index is 163. The standard InChI is InChI=1S/C8H17N3/c1-6(2)5-11-7(3)4-8(9)10-11/h6-7H,4-5H2,1-3H3,(H2,9,10). The first-order valence-electron chi connectivity index (χ1n) is 4.19. The molecule has 0 aromatic heterocycles. The molecule has 1 aliphatic rings. The van der Waals surface area contributed by atoms with Crippen LogP contribution in [-0.4, -0.2) is 23.4 Å². The molecule has 1 unspecified atom stereocenters. The van der Waals surface area contributed by atoms with E-state index in [1.807, 2.05) is 0 Å². The Morgan fingerprint density at radius 1 is 1.73 bits per heavy atom. The second-order valence-corrected chi connectivity index (χ2v) is 3.66. The van der Waals surface area contributed by atoms with Gasteiger partial charge in [0.1, 0.15) is 5.84 Å². The quantitative estimate of drug-likeness (QED) is 0.646. The van der Waals surface area contributed by atoms with Crippen molar-refractivity contribution in [2.45, 2.75) is 33.2 Å². The van der Waals surface area contributed by atoms with E-state index in [1.165, 1.54) is 0 Å². The van der Waals surface area contributed by atoms with E-state index in [-0.39, 0.29) is 0 Å². The van der Waals surface area contributed by atoms with Crippen molar-refractivity contribution in [2.24, 2.45) is 16.8 Å². The first-order valence-corrected chi connectivity index (χ1v) is 4.19. The molecule has 0 saturated heterocycles. The fraction of sp³-hybridized carbons (Fsp3) is 0.875. The van der Waals surface area contributed by atoms with Gasteiger partial charge in [-0.15, -0.1) is 0 Å². The first-order chi connectivity index (χ1) is 5.09. The number of hydrogen-bond donors (Lipinski definition) is 1. The molecule has 1 rings (SSSR count). The van der Waals surface area contributed by atoms with Gasteiger partial charge < -0.3 is 5.73 Å². The molecule has 11 heavy (non-hydrogen) atoms. The van der Waals surface area contributed by atoms with E-state index in [4.69, 9.17) is 5.73 Å². The van der Waals surface area contributed by atoms with Crippen LogP contribution >= 0.6 is 0 Å². The number of amidine groups is 1. The van der Waals surface area contributed by atoms with Crippen molar-refractivity contribution in [3.05, 3.63) is 0 Å². The van der Waals surface area contributed by atoms with Gasteiger partial charge in [-0.25, -0.2) is 0 Å². The second kappa shape index (κ2) is 3.11. The molecule has 1 atom stereocenters. The molecule has 1 heterocycles. The Hall–Kier alpha value is -0.730. The lowest BCUT2D eigenvalue weighted by atomic mass is 10.2. The molecule has 1 aliphatic heterocycles. The van der Waals surface area contributed by atoms with Gasteiger partial charge in [0.05, 0.1) is 6.04 Å². The highest BCUT2D eigenvalue weighted by Gasteiger charge is 2.20. The number of nitrogens with zero attached hydrogens (tertiary/aromatic N) is 2. The molecule has 0 aliphatic carbocycles. The Labute approximate surface area is 68.3 Å². The van der Waals surface area contributed by atoms with E-state index < -0.39 is 0 Å². The molecule has 0 saturated carbocycles. The number of hydrazone groups is 1. The van der Waals surface area contributed by atoms with Crippen LogP contribution in [0, 0.1) is 5.92 Å². The number of nitrogens with two attached hydrogens (primary N) is 1. The summed E-state index contributed by atoms with van der Waals surface area (Å²) in [6.07, 6.45) is 0.923. The summed E-state index contributed by atoms with van der Waals surface area (Å²) in [6.45, 7) is 7.56. The van der Waals surface area contributed by atoms with Crippen molar-refractivity contribution < 1.29 is 0 Å². The van der Waals surface area contributed by atoms with E-state index in [1.54, 1.807) is 0 Å². The zero-order valence-electron chi connectivity index (χ0n) is 7.54. The summed E-state index contributed by atoms with van der Waals surface area (Å²) in [6, 6.07) is 0.498. The van der Waals surface area contributed by atoms with Gasteiger partial charge in [-0.1, -0.05) is 13.8 Å². The van der Waals surface area contributed by atoms with Crippen molar-refractivity contribution >= 4 is 5.84 Å². The Balaban J connectivity index is 2.45. The maximum atomic E-state index is 5.60. The summed E-state index contributed by atoms with van der Waals surface area (Å²) in [5, 5.41) is 6.32. The van der Waals surface area contributed by atoms with Gasteiger partial charge in [-0.2, -0.15) is 5.10 Å². The predicted octanol–water partition coefficient (Wildman–Crippen LogP) is 1.01. The third-order valence-electron chi connectivity index (χ3n) is 1.82. The summed E-state index contributed by atoms with van der Waals surface area (Å²) in [5.74, 6) is 1.44. The topological polar surface area (TPSA) is 41.6 Å². The summed E-state index contributed by atoms with van der Waals surface area (Å²) in [7, 11) is 0. The fourth-order valence-electron chi connectivity index (χ4n) is 1.31. The summed E-state index contributed by atoms with van der Waals surface area (Å²) in [5.41, 5.74) is 5.60. The van der Waals surface area contributed by atoms with Crippen molar-refractivity contribution in [1.29, 1.82) is 0 Å². The summed E-state index contributed by atoms with van der Waals surface area (Å²) >= 11 is 0. The fourth-order valence-corrected chi connectivity index (χ4v) is 1.31. The summed E-state index contributed by atoms with van der Waals surface area (Å²) in [4.78, 5) is 0. The van der Waals surface area contributed by atoms with Crippen molar-refractivity contribution in [3.8, 4) is 0 Å². The van der Waals surface area contributed by atoms with Crippen LogP contribution in [0.1, 0.15) is 27.2 Å². The van der Waals surface area contributed by atoms with Crippen molar-refractivity contribution in [1.82, 2.24) is 5.01 Å². The van der Waals surface area contributed by atoms with Crippen LogP contribution in [0.4, 0.5) is 0 Å². The molecule has 0 fully saturated rings. The minimum Gasteiger partial charge on any atom is -0.386 e. The molecule has 0 spiro atoms. The molecule has 0 amide bonds. The Morgan fingerprint density at radius 2 is 2.36 bits per heavy atom. The SMILES string of the molecule is CC(C)CN1N=C(N)CC1C. The highest BCUT2D eigenvalue weighted by Crippen LogP contribution is 2.14. The molecule has 0 bridgehead atoms. The van der Waals surface area contributed by atoms with E-state index in [0.29, 0.717) is 12.0 Å². The van der Waals surface area contributed by atoms with Crippen molar-refractivity contribution in [3.63, 3.8) is 0 Å². The molecule has 64 valence electrons. The van der Waals surface area contributed by atoms with Crippen LogP contribution in [0.2, 0.25) is 0 Å². The Morgan fingerprint density at radius 3 is 2.73 bits per heavy atom. The second-order valence-electron chi connectivity index (χ2n) is 3.66. The average Bonchev–Trinajstić information content (AvgIpc) is 2.09. The van der Waals surface area contributed by atoms with Crippen LogP contribution in [-0.2, 0) is 0 Å². The smallest absolute Gasteiger partial charge is 0.121 e. The minimum absolute atomic E-state index is 0.498. The molecule has 2 N–H and O–H groups in total. The average molecular weight is 155 g/mol. The lowest BCUT2D eigenvalue weighted by molar-refractivity contribution is 0.218. The molecule has 3 nitrogen and oxygen atoms in total. The van der Waals surface area contributed by atoms with Crippen LogP contribution in [0.25, 0.3) is 0 Å². The third kappa shape index (κ3) is 2.10. The molecule has 3 heteroatoms. The van der Waals surface area contributed by atoms with Gasteiger partial charge in [0, 0.05) is 13.0 Å². The van der Waals surface area contributed by atoms with Gasteiger partial charge in [-0.05, 0) is 12.8 Å². The number of rotatable bonds is 2. The highest BCUT2D eigenvalue weighted by molar-refractivity contribution is 5.81. The van der Waals surface area contributed by atoms with Gasteiger partial charge in [0.15, 0.2) is 0 Å². The first kappa shape index (κ1) is 8.37. The van der Waals surface area contributed by atoms with Gasteiger partial charge >= 0.3 is 0 Å². The van der Waals surface area contributed by atoms with Crippen LogP contribution in [0.15, 0.2) is 5.10 Å². The van der Waals surface area contributed by atoms with Gasteiger partial charge in [-0.3, -0.25) is 5.01 Å². The Kier molecular flexibility index (Phi) is 2.37. The lowest BCUT2D eigenvalue weighted by Crippen LogP contribution is -2.27. The predicted molar refractivity (Wildman–Crippen MR) is 47.2 cm³/mol. The largest absolute Gasteiger partial charge is 0.386 e. The van der Waals surface area contributed by atoms with E-state index in [2.05, 4.69) is 30.9 Å². The van der Waals surface area contributed by atoms with Crippen molar-refractivity contribution in [2.75, 3.05) is 6.54 Å². The maximum Gasteiger partial charge on any atom is 0.121 e. The molecule has 0 aromatic carbocycles. The van der Waals surface area contributed by atoms with Gasteiger partial charge in [0.2, 0.25) is 0 Å². The zero-order valence-corrected chi connectivity index (χ0v) is 7.54. The van der Waals surface area contributed by atoms with E-state index in [9.17, 15) is 0 Å². The molecule has 0 radical (unpaired) electrons. The molecular formula is C8H17N3. The lowest BCUT2D eigenvalue weighted by Gasteiger charge is -2.21. The molecular weight excluding hydrogens is 138 g/mol. The van der Waals surface area contributed by atoms with E-state index >= 15 is 0 Å². The monoisotopic (exact) mass is 155 g/mol. The highest BCUT2D eigenvalue weighted by atomic mass is 15.5. The minimum atomic E-state index is 0.498. The van der Waals surface area contributed by atoms with E-state index in [0.717, 1.165) is 18.8 Å². The van der Waals surface area contributed by atoms with Crippen LogP contribution in [0.5, 0.6) is 0 Å².